The van der Waals surface area contributed by atoms with Crippen LogP contribution >= 0.6 is 11.6 Å². The molecule has 1 aliphatic heterocycles. The Bertz CT molecular complexity index is 873. The first-order valence-electron chi connectivity index (χ1n) is 9.70. The lowest BCUT2D eigenvalue weighted by molar-refractivity contribution is -0.0151. The molecule has 0 aliphatic carbocycles. The summed E-state index contributed by atoms with van der Waals surface area (Å²) in [6, 6.07) is 3.07. The van der Waals surface area contributed by atoms with Crippen LogP contribution in [0.25, 0.3) is 10.9 Å². The molecule has 0 radical (unpaired) electrons. The number of piperidine rings is 1. The van der Waals surface area contributed by atoms with Gasteiger partial charge in [-0.15, -0.1) is 0 Å². The van der Waals surface area contributed by atoms with Gasteiger partial charge in [-0.2, -0.15) is 5.10 Å². The average Bonchev–Trinajstić information content (AvgIpc) is 3.12. The molecule has 1 saturated heterocycles. The Balaban J connectivity index is 1.68. The second-order valence-electron chi connectivity index (χ2n) is 8.54. The number of hydrogen-bond donors (Lipinski definition) is 3. The Kier molecular flexibility index (Phi) is 6.06. The predicted octanol–water partition coefficient (Wildman–Crippen LogP) is 4.35. The lowest BCUT2D eigenvalue weighted by Gasteiger charge is -2.43. The summed E-state index contributed by atoms with van der Waals surface area (Å²) in [7, 11) is 0. The topological polar surface area (TPSA) is 81.2 Å². The number of aliphatic hydroxyl groups excluding tert-OH is 1. The van der Waals surface area contributed by atoms with Crippen molar-refractivity contribution in [2.45, 2.75) is 45.6 Å². The van der Waals surface area contributed by atoms with E-state index in [-0.39, 0.29) is 5.92 Å². The SMILES string of the molecule is CC(F)(F)CNC(=O)N1CCC(C(C)(C)[C@H](O)c2cc(Cl)cc3cn[nH]c23)CC1. The summed E-state index contributed by atoms with van der Waals surface area (Å²) in [6.45, 7) is 5.01. The van der Waals surface area contributed by atoms with Crippen molar-refractivity contribution in [2.75, 3.05) is 19.6 Å². The second-order valence-corrected chi connectivity index (χ2v) is 8.98. The number of H-pyrrole nitrogens is 1. The van der Waals surface area contributed by atoms with Crippen molar-refractivity contribution >= 4 is 28.5 Å². The van der Waals surface area contributed by atoms with Gasteiger partial charge in [0.1, 0.15) is 0 Å². The van der Waals surface area contributed by atoms with Gasteiger partial charge in [0.25, 0.3) is 5.92 Å². The van der Waals surface area contributed by atoms with Gasteiger partial charge >= 0.3 is 6.03 Å². The molecule has 3 N–H and O–H groups in total. The summed E-state index contributed by atoms with van der Waals surface area (Å²) in [6.07, 6.45) is 2.23. The molecule has 1 fully saturated rings. The van der Waals surface area contributed by atoms with Gasteiger partial charge in [0, 0.05) is 36.0 Å². The Hall–Kier alpha value is -1.93. The highest BCUT2D eigenvalue weighted by atomic mass is 35.5. The smallest absolute Gasteiger partial charge is 0.317 e. The molecule has 2 aromatic rings. The quantitative estimate of drug-likeness (QED) is 0.662. The molecule has 1 aliphatic rings. The third-order valence-electron chi connectivity index (χ3n) is 5.93. The molecule has 0 spiro atoms. The zero-order valence-electron chi connectivity index (χ0n) is 16.8. The van der Waals surface area contributed by atoms with Crippen LogP contribution < -0.4 is 5.32 Å². The van der Waals surface area contributed by atoms with Crippen LogP contribution in [-0.2, 0) is 0 Å². The van der Waals surface area contributed by atoms with E-state index in [4.69, 9.17) is 11.6 Å². The number of likely N-dealkylation sites (tertiary alicyclic amines) is 1. The van der Waals surface area contributed by atoms with Gasteiger partial charge in [-0.1, -0.05) is 25.4 Å². The summed E-state index contributed by atoms with van der Waals surface area (Å²) >= 11 is 6.22. The molecule has 2 amide bonds. The van der Waals surface area contributed by atoms with Gasteiger partial charge in [0.2, 0.25) is 0 Å². The zero-order valence-corrected chi connectivity index (χ0v) is 17.6. The van der Waals surface area contributed by atoms with Gasteiger partial charge in [0.15, 0.2) is 0 Å². The standard InChI is InChI=1S/C20H27ClF2N4O2/c1-19(2,17(28)15-9-14(21)8-12-10-25-26-16(12)15)13-4-6-27(7-5-13)18(29)24-11-20(3,22)23/h8-10,13,17,28H,4-7,11H2,1-3H3,(H,24,29)(H,25,26)/t17-/m1/s1. The maximum atomic E-state index is 13.0. The number of aliphatic hydroxyl groups is 1. The van der Waals surface area contributed by atoms with E-state index in [0.717, 1.165) is 17.8 Å². The predicted molar refractivity (Wildman–Crippen MR) is 108 cm³/mol. The zero-order chi connectivity index (χ0) is 21.4. The Morgan fingerprint density at radius 1 is 1.38 bits per heavy atom. The highest BCUT2D eigenvalue weighted by molar-refractivity contribution is 6.31. The fraction of sp³-hybridized carbons (Fsp3) is 0.600. The van der Waals surface area contributed by atoms with Crippen molar-refractivity contribution in [1.29, 1.82) is 0 Å². The maximum absolute atomic E-state index is 13.0. The van der Waals surface area contributed by atoms with Crippen LogP contribution in [0.1, 0.15) is 45.3 Å². The van der Waals surface area contributed by atoms with Crippen LogP contribution in [-0.4, -0.2) is 51.8 Å². The minimum atomic E-state index is -2.94. The van der Waals surface area contributed by atoms with Crippen LogP contribution in [0, 0.1) is 11.3 Å². The second kappa shape index (κ2) is 8.07. The van der Waals surface area contributed by atoms with Crippen LogP contribution in [0.5, 0.6) is 0 Å². The fourth-order valence-corrected chi connectivity index (χ4v) is 4.29. The molecule has 0 bridgehead atoms. The summed E-state index contributed by atoms with van der Waals surface area (Å²) in [5.41, 5.74) is 0.967. The highest BCUT2D eigenvalue weighted by Crippen LogP contribution is 2.46. The molecule has 6 nitrogen and oxygen atoms in total. The molecular weight excluding hydrogens is 402 g/mol. The number of halogens is 3. The normalized spacial score (nSPS) is 17.6. The van der Waals surface area contributed by atoms with Crippen molar-refractivity contribution in [3.63, 3.8) is 0 Å². The number of aromatic amines is 1. The van der Waals surface area contributed by atoms with Gasteiger partial charge < -0.3 is 15.3 Å². The first-order valence-corrected chi connectivity index (χ1v) is 10.1. The van der Waals surface area contributed by atoms with Gasteiger partial charge in [-0.3, -0.25) is 5.10 Å². The number of urea groups is 1. The van der Waals surface area contributed by atoms with E-state index in [1.807, 2.05) is 13.8 Å². The Morgan fingerprint density at radius 2 is 2.03 bits per heavy atom. The maximum Gasteiger partial charge on any atom is 0.317 e. The number of nitrogens with zero attached hydrogens (tertiary/aromatic N) is 2. The number of rotatable bonds is 5. The fourth-order valence-electron chi connectivity index (χ4n) is 4.06. The number of fused-ring (bicyclic) bond motifs is 1. The van der Waals surface area contributed by atoms with Gasteiger partial charge in [-0.05, 0) is 36.3 Å². The van der Waals surface area contributed by atoms with Crippen LogP contribution in [0.2, 0.25) is 5.02 Å². The third kappa shape index (κ3) is 4.80. The number of carbonyl (C=O) groups excluding carboxylic acids is 1. The molecule has 0 unspecified atom stereocenters. The monoisotopic (exact) mass is 428 g/mol. The number of carbonyl (C=O) groups is 1. The molecule has 1 aromatic carbocycles. The van der Waals surface area contributed by atoms with E-state index < -0.39 is 30.0 Å². The summed E-state index contributed by atoms with van der Waals surface area (Å²) in [4.78, 5) is 13.7. The molecular formula is C20H27ClF2N4O2. The number of hydrogen-bond acceptors (Lipinski definition) is 3. The summed E-state index contributed by atoms with van der Waals surface area (Å²) in [5, 5.41) is 21.8. The molecule has 160 valence electrons. The van der Waals surface area contributed by atoms with E-state index in [1.54, 1.807) is 23.2 Å². The van der Waals surface area contributed by atoms with Crippen molar-refractivity contribution in [3.05, 3.63) is 28.9 Å². The molecule has 29 heavy (non-hydrogen) atoms. The lowest BCUT2D eigenvalue weighted by atomic mass is 9.68. The third-order valence-corrected chi connectivity index (χ3v) is 6.15. The average molecular weight is 429 g/mol. The van der Waals surface area contributed by atoms with E-state index in [1.165, 1.54) is 0 Å². The molecule has 0 saturated carbocycles. The molecule has 9 heteroatoms. The number of nitrogens with one attached hydrogen (secondary N) is 2. The van der Waals surface area contributed by atoms with E-state index >= 15 is 0 Å². The van der Waals surface area contributed by atoms with Crippen LogP contribution in [0.15, 0.2) is 18.3 Å². The Morgan fingerprint density at radius 3 is 2.66 bits per heavy atom. The van der Waals surface area contributed by atoms with Gasteiger partial charge in [0.05, 0.1) is 24.4 Å². The molecule has 1 aromatic heterocycles. The van der Waals surface area contributed by atoms with Crippen molar-refractivity contribution in [3.8, 4) is 0 Å². The first kappa shape index (κ1) is 21.8. The number of alkyl halides is 2. The van der Waals surface area contributed by atoms with E-state index in [2.05, 4.69) is 15.5 Å². The largest absolute Gasteiger partial charge is 0.388 e. The Labute approximate surface area is 173 Å². The van der Waals surface area contributed by atoms with Crippen molar-refractivity contribution in [1.82, 2.24) is 20.4 Å². The minimum Gasteiger partial charge on any atom is -0.388 e. The van der Waals surface area contributed by atoms with Gasteiger partial charge in [-0.25, -0.2) is 13.6 Å². The van der Waals surface area contributed by atoms with Crippen LogP contribution in [0.3, 0.4) is 0 Å². The molecule has 3 rings (SSSR count). The molecule has 1 atom stereocenters. The number of aromatic nitrogens is 2. The van der Waals surface area contributed by atoms with Crippen molar-refractivity contribution < 1.29 is 18.7 Å². The minimum absolute atomic E-state index is 0.145. The van der Waals surface area contributed by atoms with E-state index in [9.17, 15) is 18.7 Å². The lowest BCUT2D eigenvalue weighted by Crippen LogP contribution is -2.49. The van der Waals surface area contributed by atoms with Crippen molar-refractivity contribution in [2.24, 2.45) is 11.3 Å². The summed E-state index contributed by atoms with van der Waals surface area (Å²) in [5.74, 6) is -2.79. The summed E-state index contributed by atoms with van der Waals surface area (Å²) < 4.78 is 25.9. The number of amides is 2. The van der Waals surface area contributed by atoms with E-state index in [0.29, 0.717) is 36.5 Å². The highest BCUT2D eigenvalue weighted by Gasteiger charge is 2.40. The first-order chi connectivity index (χ1) is 13.5. The molecule has 2 heterocycles. The number of benzene rings is 1. The van der Waals surface area contributed by atoms with Crippen LogP contribution in [0.4, 0.5) is 13.6 Å².